The van der Waals surface area contributed by atoms with E-state index in [0.29, 0.717) is 6.42 Å². The number of hydrogen-bond acceptors (Lipinski definition) is 4. The van der Waals surface area contributed by atoms with E-state index in [1.54, 1.807) is 0 Å². The summed E-state index contributed by atoms with van der Waals surface area (Å²) in [4.78, 5) is 12.7. The first kappa shape index (κ1) is 18.2. The van der Waals surface area contributed by atoms with Crippen LogP contribution in [-0.2, 0) is 4.79 Å². The minimum absolute atomic E-state index is 0.0271. The predicted octanol–water partition coefficient (Wildman–Crippen LogP) is 4.39. The quantitative estimate of drug-likeness (QED) is 0.657. The molecule has 0 spiro atoms. The monoisotopic (exact) mass is 366 g/mol. The Hall–Kier alpha value is -2.60. The van der Waals surface area contributed by atoms with Crippen LogP contribution in [-0.4, -0.2) is 25.9 Å². The van der Waals surface area contributed by atoms with Gasteiger partial charge in [0.1, 0.15) is 5.82 Å². The molecule has 0 fully saturated rings. The Bertz CT molecular complexity index is 892. The van der Waals surface area contributed by atoms with Gasteiger partial charge in [0.25, 0.3) is 0 Å². The summed E-state index contributed by atoms with van der Waals surface area (Å²) in [6.45, 7) is 5.99. The minimum atomic E-state index is -0.249. The van der Waals surface area contributed by atoms with E-state index in [4.69, 9.17) is 0 Å². The average Bonchev–Trinajstić information content (AvgIpc) is 3.01. The first-order valence-corrected chi connectivity index (χ1v) is 9.48. The van der Waals surface area contributed by atoms with Crippen LogP contribution in [0.4, 0.5) is 5.69 Å². The molecule has 0 radical (unpaired) electrons. The lowest BCUT2D eigenvalue weighted by molar-refractivity contribution is -0.115. The number of thioether (sulfide) groups is 1. The van der Waals surface area contributed by atoms with Gasteiger partial charge in [-0.3, -0.25) is 9.36 Å². The van der Waals surface area contributed by atoms with E-state index in [0.717, 1.165) is 27.9 Å². The molecular formula is C20H22N4OS. The van der Waals surface area contributed by atoms with Gasteiger partial charge in [0, 0.05) is 5.69 Å². The van der Waals surface area contributed by atoms with Gasteiger partial charge in [0.2, 0.25) is 5.91 Å². The van der Waals surface area contributed by atoms with Crippen LogP contribution in [0.1, 0.15) is 24.7 Å². The van der Waals surface area contributed by atoms with Crippen LogP contribution < -0.4 is 5.32 Å². The minimum Gasteiger partial charge on any atom is -0.325 e. The fourth-order valence-corrected chi connectivity index (χ4v) is 3.72. The number of hydrogen-bond donors (Lipinski definition) is 1. The highest BCUT2D eigenvalue weighted by Crippen LogP contribution is 2.29. The molecule has 3 aromatic rings. The maximum absolute atomic E-state index is 12.7. The summed E-state index contributed by atoms with van der Waals surface area (Å²) in [7, 11) is 0. The molecule has 0 unspecified atom stereocenters. The standard InChI is InChI=1S/C20H22N4OS/c1-4-18(19(25)21-16-11-6-5-7-12-16)26-20-23-22-15(3)24(20)17-13-9-8-10-14(17)2/h5-13,18H,4H2,1-3H3,(H,21,25)/t18-/m1/s1. The number of amides is 1. The summed E-state index contributed by atoms with van der Waals surface area (Å²) in [6.07, 6.45) is 0.697. The summed E-state index contributed by atoms with van der Waals surface area (Å²) in [5.74, 6) is 0.779. The molecule has 0 aliphatic carbocycles. The van der Waals surface area contributed by atoms with Crippen LogP contribution >= 0.6 is 11.8 Å². The Kier molecular flexibility index (Phi) is 5.73. The third-order valence-corrected chi connectivity index (χ3v) is 5.41. The molecule has 5 nitrogen and oxygen atoms in total. The number of nitrogens with zero attached hydrogens (tertiary/aromatic N) is 3. The highest BCUT2D eigenvalue weighted by atomic mass is 32.2. The molecule has 0 saturated carbocycles. The topological polar surface area (TPSA) is 59.8 Å². The van der Waals surface area contributed by atoms with Gasteiger partial charge in [0.05, 0.1) is 10.9 Å². The zero-order chi connectivity index (χ0) is 18.5. The van der Waals surface area contributed by atoms with Crippen molar-refractivity contribution in [2.45, 2.75) is 37.6 Å². The van der Waals surface area contributed by atoms with Crippen molar-refractivity contribution in [2.24, 2.45) is 0 Å². The number of para-hydroxylation sites is 2. The first-order chi connectivity index (χ1) is 12.6. The zero-order valence-electron chi connectivity index (χ0n) is 15.1. The van der Waals surface area contributed by atoms with Crippen molar-refractivity contribution in [1.82, 2.24) is 14.8 Å². The van der Waals surface area contributed by atoms with E-state index in [1.807, 2.05) is 66.9 Å². The SMILES string of the molecule is CC[C@@H](Sc1nnc(C)n1-c1ccccc1C)C(=O)Nc1ccccc1. The molecule has 0 aliphatic heterocycles. The number of carbonyl (C=O) groups excluding carboxylic acids is 1. The fraction of sp³-hybridized carbons (Fsp3) is 0.250. The number of nitrogens with one attached hydrogen (secondary N) is 1. The largest absolute Gasteiger partial charge is 0.325 e. The maximum Gasteiger partial charge on any atom is 0.237 e. The number of anilines is 1. The molecule has 1 N–H and O–H groups in total. The molecule has 0 bridgehead atoms. The molecule has 1 amide bonds. The Morgan fingerprint density at radius 2 is 1.77 bits per heavy atom. The van der Waals surface area contributed by atoms with Crippen LogP contribution in [0.5, 0.6) is 0 Å². The molecule has 0 aliphatic rings. The van der Waals surface area contributed by atoms with Crippen molar-refractivity contribution in [1.29, 1.82) is 0 Å². The first-order valence-electron chi connectivity index (χ1n) is 8.60. The molecule has 1 atom stereocenters. The van der Waals surface area contributed by atoms with Gasteiger partial charge in [-0.15, -0.1) is 10.2 Å². The van der Waals surface area contributed by atoms with E-state index in [-0.39, 0.29) is 11.2 Å². The number of aromatic nitrogens is 3. The Balaban J connectivity index is 1.84. The van der Waals surface area contributed by atoms with Crippen molar-refractivity contribution in [3.8, 4) is 5.69 Å². The van der Waals surface area contributed by atoms with Gasteiger partial charge in [-0.1, -0.05) is 55.1 Å². The highest BCUT2D eigenvalue weighted by molar-refractivity contribution is 8.00. The average molecular weight is 366 g/mol. The summed E-state index contributed by atoms with van der Waals surface area (Å²) < 4.78 is 2.01. The van der Waals surface area contributed by atoms with Crippen LogP contribution in [0.15, 0.2) is 59.8 Å². The normalized spacial score (nSPS) is 12.0. The van der Waals surface area contributed by atoms with Crippen LogP contribution in [0, 0.1) is 13.8 Å². The van der Waals surface area contributed by atoms with Gasteiger partial charge in [-0.05, 0) is 44.0 Å². The molecule has 26 heavy (non-hydrogen) atoms. The van der Waals surface area contributed by atoms with Crippen LogP contribution in [0.25, 0.3) is 5.69 Å². The second-order valence-corrected chi connectivity index (χ2v) is 7.19. The van der Waals surface area contributed by atoms with Crippen molar-refractivity contribution in [3.63, 3.8) is 0 Å². The zero-order valence-corrected chi connectivity index (χ0v) is 16.0. The number of carbonyl (C=O) groups is 1. The van der Waals surface area contributed by atoms with Gasteiger partial charge in [0.15, 0.2) is 5.16 Å². The lowest BCUT2D eigenvalue weighted by Gasteiger charge is -2.16. The number of benzene rings is 2. The second-order valence-electron chi connectivity index (χ2n) is 6.02. The van der Waals surface area contributed by atoms with Gasteiger partial charge >= 0.3 is 0 Å². The molecule has 0 saturated heterocycles. The third kappa shape index (κ3) is 3.96. The lowest BCUT2D eigenvalue weighted by Crippen LogP contribution is -2.25. The van der Waals surface area contributed by atoms with E-state index in [2.05, 4.69) is 28.5 Å². The molecule has 2 aromatic carbocycles. The summed E-state index contributed by atoms with van der Waals surface area (Å²) in [5.41, 5.74) is 2.97. The summed E-state index contributed by atoms with van der Waals surface area (Å²) in [6, 6.07) is 17.6. The molecule has 1 aromatic heterocycles. The van der Waals surface area contributed by atoms with Crippen molar-refractivity contribution in [3.05, 3.63) is 66.0 Å². The maximum atomic E-state index is 12.7. The Morgan fingerprint density at radius 3 is 2.46 bits per heavy atom. The molecule has 1 heterocycles. The number of rotatable bonds is 6. The van der Waals surface area contributed by atoms with Crippen LogP contribution in [0.3, 0.4) is 0 Å². The molecule has 6 heteroatoms. The summed E-state index contributed by atoms with van der Waals surface area (Å²) in [5, 5.41) is 12.0. The van der Waals surface area contributed by atoms with E-state index in [9.17, 15) is 4.79 Å². The van der Waals surface area contributed by atoms with E-state index in [1.165, 1.54) is 11.8 Å². The van der Waals surface area contributed by atoms with Crippen molar-refractivity contribution >= 4 is 23.4 Å². The lowest BCUT2D eigenvalue weighted by atomic mass is 10.2. The van der Waals surface area contributed by atoms with Gasteiger partial charge in [-0.2, -0.15) is 0 Å². The predicted molar refractivity (Wildman–Crippen MR) is 106 cm³/mol. The van der Waals surface area contributed by atoms with E-state index < -0.39 is 0 Å². The molecule has 134 valence electrons. The molecular weight excluding hydrogens is 344 g/mol. The van der Waals surface area contributed by atoms with Crippen molar-refractivity contribution < 1.29 is 4.79 Å². The Labute approximate surface area is 157 Å². The number of aryl methyl sites for hydroxylation is 2. The smallest absolute Gasteiger partial charge is 0.237 e. The third-order valence-electron chi connectivity index (χ3n) is 4.10. The van der Waals surface area contributed by atoms with Gasteiger partial charge < -0.3 is 5.32 Å². The van der Waals surface area contributed by atoms with Crippen LogP contribution in [0.2, 0.25) is 0 Å². The summed E-state index contributed by atoms with van der Waals surface area (Å²) >= 11 is 1.44. The van der Waals surface area contributed by atoms with E-state index >= 15 is 0 Å². The Morgan fingerprint density at radius 1 is 1.08 bits per heavy atom. The highest BCUT2D eigenvalue weighted by Gasteiger charge is 2.23. The fourth-order valence-electron chi connectivity index (χ4n) is 2.70. The second kappa shape index (κ2) is 8.19. The molecule has 3 rings (SSSR count). The van der Waals surface area contributed by atoms with Gasteiger partial charge in [-0.25, -0.2) is 0 Å². The van der Waals surface area contributed by atoms with Crippen molar-refractivity contribution in [2.75, 3.05) is 5.32 Å².